The Kier molecular flexibility index (Phi) is 10.5. The smallest absolute Gasteiger partial charge is 0.239 e. The van der Waals surface area contributed by atoms with E-state index in [4.69, 9.17) is 5.73 Å². The zero-order chi connectivity index (χ0) is 36.6. The third kappa shape index (κ3) is 6.40. The van der Waals surface area contributed by atoms with Crippen molar-refractivity contribution in [2.24, 2.45) is 23.0 Å². The summed E-state index contributed by atoms with van der Waals surface area (Å²) < 4.78 is 0. The van der Waals surface area contributed by atoms with Crippen LogP contribution in [0.3, 0.4) is 0 Å². The Labute approximate surface area is 298 Å². The molecule has 5 rings (SSSR count). The van der Waals surface area contributed by atoms with Crippen LogP contribution in [-0.2, 0) is 20.8 Å². The number of hydrogen-bond acceptors (Lipinski definition) is 4. The van der Waals surface area contributed by atoms with E-state index in [1.807, 2.05) is 152 Å². The third-order valence-electron chi connectivity index (χ3n) is 11.0. The van der Waals surface area contributed by atoms with E-state index < -0.39 is 40.5 Å². The van der Waals surface area contributed by atoms with E-state index in [0.29, 0.717) is 41.5 Å². The molecule has 2 atom stereocenters. The van der Waals surface area contributed by atoms with Crippen LogP contribution in [0.2, 0.25) is 0 Å². The maximum absolute atomic E-state index is 15.6. The van der Waals surface area contributed by atoms with E-state index >= 15 is 4.79 Å². The van der Waals surface area contributed by atoms with Crippen LogP contribution in [0, 0.1) is 44.9 Å². The second-order valence-corrected chi connectivity index (χ2v) is 15.4. The lowest BCUT2D eigenvalue weighted by atomic mass is 9.64. The average molecular weight is 675 g/mol. The van der Waals surface area contributed by atoms with Crippen molar-refractivity contribution in [2.75, 3.05) is 0 Å². The SMILES string of the molecule is Cc1ccc(C(O)(c2ccc(C)cc2)[C@@H](C(C)C)N(C(=O)C2(C(N)=O)CCC2)[C@H](C(C)C)C(O)(c2ccc(C)cc2)c2ccc(C)cc2)cc1. The number of benzene rings is 4. The molecule has 1 fully saturated rings. The van der Waals surface area contributed by atoms with Gasteiger partial charge in [-0.05, 0) is 74.6 Å². The van der Waals surface area contributed by atoms with Crippen molar-refractivity contribution in [3.63, 3.8) is 0 Å². The molecular formula is C44H54N2O4. The summed E-state index contributed by atoms with van der Waals surface area (Å²) in [5.41, 5.74) is 7.77. The van der Waals surface area contributed by atoms with Crippen LogP contribution in [0.15, 0.2) is 97.1 Å². The number of nitrogens with zero attached hydrogens (tertiary/aromatic N) is 1. The van der Waals surface area contributed by atoms with Crippen molar-refractivity contribution in [3.8, 4) is 0 Å². The van der Waals surface area contributed by atoms with Gasteiger partial charge < -0.3 is 20.8 Å². The number of aliphatic hydroxyl groups is 2. The van der Waals surface area contributed by atoms with E-state index in [9.17, 15) is 15.0 Å². The maximum Gasteiger partial charge on any atom is 0.239 e. The lowest BCUT2D eigenvalue weighted by molar-refractivity contribution is -0.178. The van der Waals surface area contributed by atoms with Gasteiger partial charge in [0.25, 0.3) is 0 Å². The summed E-state index contributed by atoms with van der Waals surface area (Å²) in [4.78, 5) is 30.7. The molecule has 4 N–H and O–H groups in total. The fraction of sp³-hybridized carbons (Fsp3) is 0.409. The monoisotopic (exact) mass is 674 g/mol. The first-order chi connectivity index (χ1) is 23.6. The quantitative estimate of drug-likeness (QED) is 0.135. The summed E-state index contributed by atoms with van der Waals surface area (Å²) in [6.45, 7) is 15.9. The molecule has 6 nitrogen and oxygen atoms in total. The van der Waals surface area contributed by atoms with E-state index in [2.05, 4.69) is 0 Å². The molecule has 0 aromatic heterocycles. The van der Waals surface area contributed by atoms with Crippen molar-refractivity contribution >= 4 is 11.8 Å². The van der Waals surface area contributed by atoms with Crippen LogP contribution >= 0.6 is 0 Å². The van der Waals surface area contributed by atoms with Crippen molar-refractivity contribution in [1.29, 1.82) is 0 Å². The van der Waals surface area contributed by atoms with Gasteiger partial charge in [0.1, 0.15) is 16.6 Å². The Hall–Kier alpha value is -4.26. The van der Waals surface area contributed by atoms with Gasteiger partial charge in [-0.3, -0.25) is 9.59 Å². The molecule has 0 aliphatic heterocycles. The predicted molar refractivity (Wildman–Crippen MR) is 200 cm³/mol. The largest absolute Gasteiger partial charge is 0.378 e. The van der Waals surface area contributed by atoms with Crippen molar-refractivity contribution in [3.05, 3.63) is 142 Å². The molecule has 4 aromatic rings. The Balaban J connectivity index is 1.91. The van der Waals surface area contributed by atoms with Gasteiger partial charge in [0.2, 0.25) is 11.8 Å². The van der Waals surface area contributed by atoms with Crippen LogP contribution in [0.1, 0.15) is 91.5 Å². The Morgan fingerprint density at radius 1 is 0.580 bits per heavy atom. The van der Waals surface area contributed by atoms with E-state index in [-0.39, 0.29) is 11.8 Å². The number of carbonyl (C=O) groups is 2. The molecule has 0 heterocycles. The molecule has 4 aromatic carbocycles. The molecule has 1 aliphatic rings. The molecule has 1 aliphatic carbocycles. The zero-order valence-corrected chi connectivity index (χ0v) is 30.9. The minimum absolute atomic E-state index is 0.314. The molecule has 264 valence electrons. The van der Waals surface area contributed by atoms with Gasteiger partial charge in [0.05, 0.1) is 12.1 Å². The molecule has 6 heteroatoms. The number of aryl methyl sites for hydroxylation is 4. The highest BCUT2D eigenvalue weighted by Gasteiger charge is 2.60. The predicted octanol–water partition coefficient (Wildman–Crippen LogP) is 7.63. The van der Waals surface area contributed by atoms with Crippen LogP contribution in [0.5, 0.6) is 0 Å². The van der Waals surface area contributed by atoms with Gasteiger partial charge in [0.15, 0.2) is 0 Å². The van der Waals surface area contributed by atoms with Crippen LogP contribution in [-0.4, -0.2) is 39.0 Å². The van der Waals surface area contributed by atoms with Crippen LogP contribution < -0.4 is 5.73 Å². The Bertz CT molecular complexity index is 1580. The summed E-state index contributed by atoms with van der Waals surface area (Å²) in [5.74, 6) is -1.83. The fourth-order valence-corrected chi connectivity index (χ4v) is 8.03. The van der Waals surface area contributed by atoms with Crippen molar-refractivity contribution in [2.45, 2.75) is 97.9 Å². The molecular weight excluding hydrogens is 620 g/mol. The van der Waals surface area contributed by atoms with Gasteiger partial charge in [0, 0.05) is 0 Å². The van der Waals surface area contributed by atoms with E-state index in [1.165, 1.54) is 0 Å². The lowest BCUT2D eigenvalue weighted by Gasteiger charge is -2.56. The summed E-state index contributed by atoms with van der Waals surface area (Å²) in [7, 11) is 0. The van der Waals surface area contributed by atoms with Crippen LogP contribution in [0.25, 0.3) is 0 Å². The van der Waals surface area contributed by atoms with Crippen molar-refractivity contribution < 1.29 is 19.8 Å². The summed E-state index contributed by atoms with van der Waals surface area (Å²) in [6, 6.07) is 29.1. The minimum atomic E-state index is -1.75. The number of amides is 2. The number of primary amides is 1. The molecule has 1 saturated carbocycles. The highest BCUT2D eigenvalue weighted by Crippen LogP contribution is 2.50. The number of nitrogens with two attached hydrogens (primary N) is 1. The first kappa shape index (κ1) is 37.0. The molecule has 50 heavy (non-hydrogen) atoms. The van der Waals surface area contributed by atoms with E-state index in [1.54, 1.807) is 4.90 Å². The standard InChI is InChI=1S/C44H54N2O4/c1-28(2)38(43(49,34-18-10-30(5)11-19-34)35-20-12-31(6)13-21-35)46(41(48)42(40(45)47)26-9-27-42)39(29(3)4)44(50,36-22-14-32(7)15-23-36)37-24-16-33(8)17-25-37/h10-25,28-29,38-39,49-50H,9,26-27H2,1-8H3,(H2,45,47)/t38-,39-/m1/s1. The number of hydrogen-bond donors (Lipinski definition) is 3. The minimum Gasteiger partial charge on any atom is -0.378 e. The van der Waals surface area contributed by atoms with Gasteiger partial charge in [-0.1, -0.05) is 153 Å². The summed E-state index contributed by atoms with van der Waals surface area (Å²) in [6.07, 6.45) is 1.31. The topological polar surface area (TPSA) is 104 Å². The Morgan fingerprint density at radius 3 is 1.02 bits per heavy atom. The van der Waals surface area contributed by atoms with Gasteiger partial charge in [-0.25, -0.2) is 0 Å². The third-order valence-corrected chi connectivity index (χ3v) is 11.0. The van der Waals surface area contributed by atoms with Gasteiger partial charge in [-0.2, -0.15) is 0 Å². The zero-order valence-electron chi connectivity index (χ0n) is 30.9. The molecule has 0 radical (unpaired) electrons. The first-order valence-electron chi connectivity index (χ1n) is 17.9. The van der Waals surface area contributed by atoms with Crippen molar-refractivity contribution in [1.82, 2.24) is 4.90 Å². The molecule has 0 spiro atoms. The second kappa shape index (κ2) is 14.2. The number of rotatable bonds is 12. The normalized spacial score (nSPS) is 15.8. The lowest BCUT2D eigenvalue weighted by Crippen LogP contribution is -2.69. The molecule has 0 saturated heterocycles. The summed E-state index contributed by atoms with van der Waals surface area (Å²) in [5, 5.41) is 27.2. The average Bonchev–Trinajstić information content (AvgIpc) is 3.04. The fourth-order valence-electron chi connectivity index (χ4n) is 8.03. The maximum atomic E-state index is 15.6. The molecule has 0 unspecified atom stereocenters. The Morgan fingerprint density at radius 2 is 0.840 bits per heavy atom. The highest BCUT2D eigenvalue weighted by atomic mass is 16.3. The number of carbonyl (C=O) groups excluding carboxylic acids is 2. The van der Waals surface area contributed by atoms with Gasteiger partial charge in [-0.15, -0.1) is 0 Å². The summed E-state index contributed by atoms with van der Waals surface area (Å²) >= 11 is 0. The van der Waals surface area contributed by atoms with E-state index in [0.717, 1.165) is 22.3 Å². The molecule has 0 bridgehead atoms. The highest BCUT2D eigenvalue weighted by molar-refractivity contribution is 6.05. The van der Waals surface area contributed by atoms with Gasteiger partial charge >= 0.3 is 0 Å². The van der Waals surface area contributed by atoms with Crippen LogP contribution in [0.4, 0.5) is 0 Å². The second-order valence-electron chi connectivity index (χ2n) is 15.4. The first-order valence-corrected chi connectivity index (χ1v) is 17.9. The molecule has 2 amide bonds.